The number of hydrogen-bond donors (Lipinski definition) is 1. The lowest BCUT2D eigenvalue weighted by molar-refractivity contribution is 0.00677. The van der Waals surface area contributed by atoms with Crippen LogP contribution in [0.3, 0.4) is 0 Å². The minimum absolute atomic E-state index is 0.183. The van der Waals surface area contributed by atoms with E-state index in [1.165, 1.54) is 0 Å². The number of carbonyl (C=O) groups excluding carboxylic acids is 2. The molecule has 6 nitrogen and oxygen atoms in total. The van der Waals surface area contributed by atoms with Gasteiger partial charge in [0.05, 0.1) is 11.1 Å². The van der Waals surface area contributed by atoms with Crippen LogP contribution in [-0.4, -0.2) is 27.4 Å². The van der Waals surface area contributed by atoms with Gasteiger partial charge in [0.15, 0.2) is 0 Å². The number of benzene rings is 1. The fourth-order valence-corrected chi connectivity index (χ4v) is 2.29. The number of anilines is 1. The highest BCUT2D eigenvalue weighted by Crippen LogP contribution is 2.21. The largest absolute Gasteiger partial charge is 0.456 e. The molecular weight excluding hydrogens is 374 g/mol. The molecule has 126 valence electrons. The number of nitrogens with one attached hydrogen (secondary N) is 1. The summed E-state index contributed by atoms with van der Waals surface area (Å²) >= 11 is 3.31. The van der Waals surface area contributed by atoms with Crippen molar-refractivity contribution in [2.24, 2.45) is 0 Å². The number of nitrogens with zero attached hydrogens (tertiary/aromatic N) is 2. The zero-order valence-electron chi connectivity index (χ0n) is 13.9. The summed E-state index contributed by atoms with van der Waals surface area (Å²) in [4.78, 5) is 33.0. The van der Waals surface area contributed by atoms with Crippen LogP contribution in [-0.2, 0) is 4.74 Å². The molecule has 24 heavy (non-hydrogen) atoms. The fourth-order valence-electron chi connectivity index (χ4n) is 1.93. The van der Waals surface area contributed by atoms with Crippen molar-refractivity contribution >= 4 is 33.6 Å². The quantitative estimate of drug-likeness (QED) is 0.805. The molecule has 0 aliphatic heterocycles. The molecule has 1 N–H and O–H groups in total. The lowest BCUT2D eigenvalue weighted by Crippen LogP contribution is -2.26. The molecule has 0 bridgehead atoms. The first kappa shape index (κ1) is 18.1. The van der Waals surface area contributed by atoms with Gasteiger partial charge in [-0.05, 0) is 52.0 Å². The van der Waals surface area contributed by atoms with E-state index in [9.17, 15) is 9.59 Å². The predicted octanol–water partition coefficient (Wildman–Crippen LogP) is 3.76. The summed E-state index contributed by atoms with van der Waals surface area (Å²) in [5.74, 6) is -0.101. The monoisotopic (exact) mass is 391 g/mol. The van der Waals surface area contributed by atoms with Crippen molar-refractivity contribution in [1.29, 1.82) is 0 Å². The van der Waals surface area contributed by atoms with Crippen molar-refractivity contribution in [3.05, 3.63) is 51.9 Å². The van der Waals surface area contributed by atoms with Crippen molar-refractivity contribution in [2.75, 3.05) is 5.32 Å². The normalized spacial score (nSPS) is 11.0. The molecule has 2 aromatic rings. The van der Waals surface area contributed by atoms with Crippen molar-refractivity contribution < 1.29 is 14.3 Å². The Labute approximate surface area is 148 Å². The van der Waals surface area contributed by atoms with E-state index >= 15 is 0 Å². The molecule has 0 aliphatic carbocycles. The van der Waals surface area contributed by atoms with Crippen LogP contribution in [0.15, 0.2) is 34.9 Å². The molecule has 1 amide bonds. The Kier molecular flexibility index (Phi) is 5.33. The summed E-state index contributed by atoms with van der Waals surface area (Å²) in [6.07, 6.45) is 1.55. The highest BCUT2D eigenvalue weighted by atomic mass is 79.9. The lowest BCUT2D eigenvalue weighted by atomic mass is 10.1. The van der Waals surface area contributed by atoms with E-state index in [2.05, 4.69) is 31.2 Å². The van der Waals surface area contributed by atoms with Crippen LogP contribution in [0.1, 0.15) is 47.3 Å². The van der Waals surface area contributed by atoms with Gasteiger partial charge in [-0.15, -0.1) is 0 Å². The molecule has 2 rings (SSSR count). The molecule has 0 fully saturated rings. The second kappa shape index (κ2) is 7.09. The summed E-state index contributed by atoms with van der Waals surface area (Å²) in [6, 6.07) is 6.39. The van der Waals surface area contributed by atoms with Gasteiger partial charge in [-0.2, -0.15) is 0 Å². The van der Waals surface area contributed by atoms with Gasteiger partial charge in [0.2, 0.25) is 0 Å². The average Bonchev–Trinajstić information content (AvgIpc) is 2.45. The van der Waals surface area contributed by atoms with Crippen LogP contribution >= 0.6 is 15.9 Å². The maximum Gasteiger partial charge on any atom is 0.339 e. The summed E-state index contributed by atoms with van der Waals surface area (Å²) in [6.45, 7) is 7.03. The Hall–Kier alpha value is -2.28. The molecule has 0 saturated heterocycles. The fraction of sp³-hybridized carbons (Fsp3) is 0.294. The van der Waals surface area contributed by atoms with Gasteiger partial charge in [-0.3, -0.25) is 4.79 Å². The van der Waals surface area contributed by atoms with E-state index in [4.69, 9.17) is 4.74 Å². The van der Waals surface area contributed by atoms with E-state index in [0.717, 1.165) is 0 Å². The highest BCUT2D eigenvalue weighted by molar-refractivity contribution is 9.10. The summed E-state index contributed by atoms with van der Waals surface area (Å²) in [5.41, 5.74) is -0.261. The molecule has 0 atom stereocenters. The summed E-state index contributed by atoms with van der Waals surface area (Å²) in [5, 5.41) is 2.66. The lowest BCUT2D eigenvalue weighted by Gasteiger charge is -2.20. The molecule has 1 heterocycles. The zero-order valence-corrected chi connectivity index (χ0v) is 15.5. The van der Waals surface area contributed by atoms with E-state index in [1.54, 1.807) is 58.2 Å². The van der Waals surface area contributed by atoms with Crippen molar-refractivity contribution in [3.63, 3.8) is 0 Å². The Morgan fingerprint density at radius 2 is 1.88 bits per heavy atom. The van der Waals surface area contributed by atoms with Crippen LogP contribution in [0.5, 0.6) is 0 Å². The molecule has 0 aliphatic rings. The Morgan fingerprint density at radius 1 is 1.17 bits per heavy atom. The number of halogens is 1. The van der Waals surface area contributed by atoms with Crippen LogP contribution in [0, 0.1) is 6.92 Å². The number of aryl methyl sites for hydroxylation is 1. The molecule has 1 aromatic heterocycles. The summed E-state index contributed by atoms with van der Waals surface area (Å²) < 4.78 is 6.05. The molecular formula is C17H18BrN3O3. The number of esters is 1. The van der Waals surface area contributed by atoms with E-state index in [1.807, 2.05) is 0 Å². The first-order valence-electron chi connectivity index (χ1n) is 7.29. The average molecular weight is 392 g/mol. The maximum atomic E-state index is 12.5. The van der Waals surface area contributed by atoms with Gasteiger partial charge < -0.3 is 10.1 Å². The first-order valence-corrected chi connectivity index (χ1v) is 8.09. The molecule has 0 saturated carbocycles. The van der Waals surface area contributed by atoms with E-state index in [0.29, 0.717) is 16.1 Å². The first-order chi connectivity index (χ1) is 11.2. The van der Waals surface area contributed by atoms with Crippen molar-refractivity contribution in [1.82, 2.24) is 9.97 Å². The summed E-state index contributed by atoms with van der Waals surface area (Å²) in [7, 11) is 0. The van der Waals surface area contributed by atoms with Gasteiger partial charge in [0, 0.05) is 10.7 Å². The Bertz CT molecular complexity index is 785. The minimum atomic E-state index is -0.656. The molecule has 7 heteroatoms. The molecule has 0 spiro atoms. The number of hydrogen-bond acceptors (Lipinski definition) is 5. The maximum absolute atomic E-state index is 12.5. The van der Waals surface area contributed by atoms with E-state index < -0.39 is 17.5 Å². The second-order valence-electron chi connectivity index (χ2n) is 6.14. The van der Waals surface area contributed by atoms with Crippen LogP contribution in [0.2, 0.25) is 0 Å². The third-order valence-electron chi connectivity index (χ3n) is 2.86. The number of amides is 1. The third-order valence-corrected chi connectivity index (χ3v) is 3.36. The second-order valence-corrected chi connectivity index (χ2v) is 7.05. The van der Waals surface area contributed by atoms with Gasteiger partial charge in [0.25, 0.3) is 5.91 Å². The van der Waals surface area contributed by atoms with Gasteiger partial charge >= 0.3 is 5.97 Å². The minimum Gasteiger partial charge on any atom is -0.456 e. The van der Waals surface area contributed by atoms with Gasteiger partial charge in [0.1, 0.15) is 17.2 Å². The Balaban J connectivity index is 2.32. The smallest absolute Gasteiger partial charge is 0.339 e. The van der Waals surface area contributed by atoms with Gasteiger partial charge in [-0.25, -0.2) is 14.8 Å². The number of aromatic nitrogens is 2. The van der Waals surface area contributed by atoms with Crippen LogP contribution < -0.4 is 5.32 Å². The zero-order chi connectivity index (χ0) is 17.9. The van der Waals surface area contributed by atoms with Crippen molar-refractivity contribution in [2.45, 2.75) is 33.3 Å². The predicted molar refractivity (Wildman–Crippen MR) is 94.0 cm³/mol. The number of carbonyl (C=O) groups is 2. The number of ether oxygens (including phenoxy) is 1. The van der Waals surface area contributed by atoms with E-state index in [-0.39, 0.29) is 11.1 Å². The SMILES string of the molecule is Cc1nccc(NC(=O)c2ccc(Br)cc2C(=O)OC(C)(C)C)n1. The number of rotatable bonds is 3. The van der Waals surface area contributed by atoms with Gasteiger partial charge in [-0.1, -0.05) is 15.9 Å². The molecule has 0 radical (unpaired) electrons. The molecule has 0 unspecified atom stereocenters. The topological polar surface area (TPSA) is 81.2 Å². The standard InChI is InChI=1S/C17H18BrN3O3/c1-10-19-8-7-14(20-10)21-15(22)12-6-5-11(18)9-13(12)16(23)24-17(2,3)4/h5-9H,1-4H3,(H,19,20,21,22). The third kappa shape index (κ3) is 4.86. The Morgan fingerprint density at radius 3 is 2.50 bits per heavy atom. The van der Waals surface area contributed by atoms with Crippen LogP contribution in [0.25, 0.3) is 0 Å². The van der Waals surface area contributed by atoms with Crippen molar-refractivity contribution in [3.8, 4) is 0 Å². The van der Waals surface area contributed by atoms with Crippen LogP contribution in [0.4, 0.5) is 5.82 Å². The highest BCUT2D eigenvalue weighted by Gasteiger charge is 2.23. The molecule has 1 aromatic carbocycles.